The van der Waals surface area contributed by atoms with Gasteiger partial charge in [0.1, 0.15) is 0 Å². The minimum atomic E-state index is -0.0934. The third kappa shape index (κ3) is 2.91. The Balaban J connectivity index is 2.02. The zero-order chi connectivity index (χ0) is 12.3. The summed E-state index contributed by atoms with van der Waals surface area (Å²) in [7, 11) is 0. The fraction of sp³-hybridized carbons (Fsp3) is 0.143. The molecule has 88 valence electrons. The van der Waals surface area contributed by atoms with Crippen molar-refractivity contribution in [1.82, 2.24) is 0 Å². The SMILES string of the molecule is Cc1ccc(NCc2ccc(O)c(O)c2)cc1. The summed E-state index contributed by atoms with van der Waals surface area (Å²) in [4.78, 5) is 0. The second kappa shape index (κ2) is 4.78. The van der Waals surface area contributed by atoms with Gasteiger partial charge in [-0.25, -0.2) is 0 Å². The molecule has 0 saturated heterocycles. The standard InChI is InChI=1S/C14H15NO2/c1-10-2-5-12(6-3-10)15-9-11-4-7-13(16)14(17)8-11/h2-8,15-17H,9H2,1H3. The summed E-state index contributed by atoms with van der Waals surface area (Å²) in [6, 6.07) is 12.9. The average Bonchev–Trinajstić information content (AvgIpc) is 2.33. The first-order valence-corrected chi connectivity index (χ1v) is 5.46. The lowest BCUT2D eigenvalue weighted by Gasteiger charge is -2.07. The number of phenols is 2. The number of nitrogens with one attached hydrogen (secondary N) is 1. The van der Waals surface area contributed by atoms with Gasteiger partial charge in [0, 0.05) is 12.2 Å². The largest absolute Gasteiger partial charge is 0.504 e. The molecule has 0 saturated carbocycles. The van der Waals surface area contributed by atoms with Crippen LogP contribution < -0.4 is 5.32 Å². The highest BCUT2D eigenvalue weighted by molar-refractivity contribution is 5.46. The van der Waals surface area contributed by atoms with E-state index in [4.69, 9.17) is 0 Å². The Morgan fingerprint density at radius 2 is 1.65 bits per heavy atom. The summed E-state index contributed by atoms with van der Waals surface area (Å²) in [5, 5.41) is 21.8. The second-order valence-corrected chi connectivity index (χ2v) is 4.04. The van der Waals surface area contributed by atoms with Crippen molar-refractivity contribution >= 4 is 5.69 Å². The summed E-state index contributed by atoms with van der Waals surface area (Å²) >= 11 is 0. The van der Waals surface area contributed by atoms with Gasteiger partial charge in [-0.15, -0.1) is 0 Å². The molecule has 3 nitrogen and oxygen atoms in total. The van der Waals surface area contributed by atoms with Crippen LogP contribution in [0.25, 0.3) is 0 Å². The molecule has 0 aliphatic rings. The molecule has 17 heavy (non-hydrogen) atoms. The van der Waals surface area contributed by atoms with E-state index in [2.05, 4.69) is 5.32 Å². The van der Waals surface area contributed by atoms with Gasteiger partial charge in [0.15, 0.2) is 11.5 Å². The molecule has 0 atom stereocenters. The van der Waals surface area contributed by atoms with Crippen LogP contribution in [0.3, 0.4) is 0 Å². The first kappa shape index (κ1) is 11.3. The van der Waals surface area contributed by atoms with E-state index in [1.807, 2.05) is 31.2 Å². The van der Waals surface area contributed by atoms with E-state index in [1.54, 1.807) is 12.1 Å². The van der Waals surface area contributed by atoms with Crippen LogP contribution in [0.2, 0.25) is 0 Å². The van der Waals surface area contributed by atoms with Crippen molar-refractivity contribution in [3.05, 3.63) is 53.6 Å². The highest BCUT2D eigenvalue weighted by Gasteiger charge is 2.00. The van der Waals surface area contributed by atoms with Gasteiger partial charge < -0.3 is 15.5 Å². The molecule has 2 aromatic rings. The van der Waals surface area contributed by atoms with E-state index >= 15 is 0 Å². The van der Waals surface area contributed by atoms with Crippen molar-refractivity contribution in [3.8, 4) is 11.5 Å². The highest BCUT2D eigenvalue weighted by Crippen LogP contribution is 2.25. The molecule has 0 bridgehead atoms. The van der Waals surface area contributed by atoms with E-state index in [9.17, 15) is 10.2 Å². The Morgan fingerprint density at radius 3 is 2.29 bits per heavy atom. The molecule has 0 aliphatic carbocycles. The minimum absolute atomic E-state index is 0.0896. The number of aryl methyl sites for hydroxylation is 1. The van der Waals surface area contributed by atoms with Crippen LogP contribution in [-0.4, -0.2) is 10.2 Å². The average molecular weight is 229 g/mol. The number of phenolic OH excluding ortho intramolecular Hbond substituents is 2. The van der Waals surface area contributed by atoms with Crippen LogP contribution in [0.1, 0.15) is 11.1 Å². The van der Waals surface area contributed by atoms with Gasteiger partial charge in [0.25, 0.3) is 0 Å². The van der Waals surface area contributed by atoms with E-state index in [0.29, 0.717) is 6.54 Å². The molecule has 0 unspecified atom stereocenters. The van der Waals surface area contributed by atoms with Crippen LogP contribution >= 0.6 is 0 Å². The van der Waals surface area contributed by atoms with E-state index in [1.165, 1.54) is 11.6 Å². The summed E-state index contributed by atoms with van der Waals surface area (Å²) in [6.45, 7) is 2.65. The molecule has 0 amide bonds. The van der Waals surface area contributed by atoms with E-state index in [0.717, 1.165) is 11.3 Å². The lowest BCUT2D eigenvalue weighted by atomic mass is 10.2. The summed E-state index contributed by atoms with van der Waals surface area (Å²) in [6.07, 6.45) is 0. The monoisotopic (exact) mass is 229 g/mol. The molecule has 0 spiro atoms. The van der Waals surface area contributed by atoms with Gasteiger partial charge in [-0.3, -0.25) is 0 Å². The maximum absolute atomic E-state index is 9.36. The molecular weight excluding hydrogens is 214 g/mol. The minimum Gasteiger partial charge on any atom is -0.504 e. The summed E-state index contributed by atoms with van der Waals surface area (Å²) in [5.74, 6) is -0.183. The maximum Gasteiger partial charge on any atom is 0.157 e. The third-order valence-corrected chi connectivity index (χ3v) is 2.59. The summed E-state index contributed by atoms with van der Waals surface area (Å²) in [5.41, 5.74) is 3.17. The normalized spacial score (nSPS) is 10.2. The molecule has 0 aromatic heterocycles. The van der Waals surface area contributed by atoms with Crippen molar-refractivity contribution in [2.75, 3.05) is 5.32 Å². The maximum atomic E-state index is 9.36. The number of anilines is 1. The van der Waals surface area contributed by atoms with E-state index < -0.39 is 0 Å². The van der Waals surface area contributed by atoms with Crippen molar-refractivity contribution in [2.24, 2.45) is 0 Å². The molecular formula is C14H15NO2. The Bertz CT molecular complexity index is 506. The molecule has 3 N–H and O–H groups in total. The fourth-order valence-electron chi connectivity index (χ4n) is 1.55. The smallest absolute Gasteiger partial charge is 0.157 e. The predicted molar refractivity (Wildman–Crippen MR) is 68.3 cm³/mol. The molecule has 2 aromatic carbocycles. The van der Waals surface area contributed by atoms with Crippen LogP contribution in [0.4, 0.5) is 5.69 Å². The van der Waals surface area contributed by atoms with Gasteiger partial charge in [-0.05, 0) is 36.8 Å². The van der Waals surface area contributed by atoms with Gasteiger partial charge in [-0.1, -0.05) is 23.8 Å². The number of aromatic hydroxyl groups is 2. The molecule has 0 fully saturated rings. The van der Waals surface area contributed by atoms with Gasteiger partial charge >= 0.3 is 0 Å². The van der Waals surface area contributed by atoms with E-state index in [-0.39, 0.29) is 11.5 Å². The van der Waals surface area contributed by atoms with Crippen LogP contribution in [0.5, 0.6) is 11.5 Å². The van der Waals surface area contributed by atoms with Crippen LogP contribution in [-0.2, 0) is 6.54 Å². The van der Waals surface area contributed by atoms with Crippen molar-refractivity contribution in [3.63, 3.8) is 0 Å². The zero-order valence-corrected chi connectivity index (χ0v) is 9.64. The topological polar surface area (TPSA) is 52.5 Å². The number of hydrogen-bond acceptors (Lipinski definition) is 3. The second-order valence-electron chi connectivity index (χ2n) is 4.04. The Kier molecular flexibility index (Phi) is 3.19. The fourth-order valence-corrected chi connectivity index (χ4v) is 1.55. The van der Waals surface area contributed by atoms with Crippen LogP contribution in [0.15, 0.2) is 42.5 Å². The van der Waals surface area contributed by atoms with Crippen molar-refractivity contribution in [1.29, 1.82) is 0 Å². The first-order valence-electron chi connectivity index (χ1n) is 5.46. The molecule has 0 heterocycles. The molecule has 0 radical (unpaired) electrons. The first-order chi connectivity index (χ1) is 8.15. The van der Waals surface area contributed by atoms with Gasteiger partial charge in [0.2, 0.25) is 0 Å². The van der Waals surface area contributed by atoms with Crippen LogP contribution in [0, 0.1) is 6.92 Å². The number of rotatable bonds is 3. The van der Waals surface area contributed by atoms with Gasteiger partial charge in [-0.2, -0.15) is 0 Å². The number of benzene rings is 2. The molecule has 0 aliphatic heterocycles. The molecule has 3 heteroatoms. The highest BCUT2D eigenvalue weighted by atomic mass is 16.3. The third-order valence-electron chi connectivity index (χ3n) is 2.59. The quantitative estimate of drug-likeness (QED) is 0.709. The lowest BCUT2D eigenvalue weighted by molar-refractivity contribution is 0.403. The predicted octanol–water partition coefficient (Wildman–Crippen LogP) is 3.02. The Morgan fingerprint density at radius 1 is 0.941 bits per heavy atom. The summed E-state index contributed by atoms with van der Waals surface area (Å²) < 4.78 is 0. The van der Waals surface area contributed by atoms with Crippen molar-refractivity contribution in [2.45, 2.75) is 13.5 Å². The van der Waals surface area contributed by atoms with Gasteiger partial charge in [0.05, 0.1) is 0 Å². The Hall–Kier alpha value is -2.16. The zero-order valence-electron chi connectivity index (χ0n) is 9.64. The number of hydrogen-bond donors (Lipinski definition) is 3. The lowest BCUT2D eigenvalue weighted by Crippen LogP contribution is -1.98. The molecule has 2 rings (SSSR count). The Labute approximate surface area is 100 Å². The van der Waals surface area contributed by atoms with Crippen molar-refractivity contribution < 1.29 is 10.2 Å².